The number of hydrogen-bond acceptors (Lipinski definition) is 9. The van der Waals surface area contributed by atoms with Crippen molar-refractivity contribution in [2.45, 2.75) is 89.6 Å². The van der Waals surface area contributed by atoms with Gasteiger partial charge in [0.05, 0.1) is 16.6 Å². The Morgan fingerprint density at radius 1 is 1.18 bits per heavy atom. The van der Waals surface area contributed by atoms with Crippen LogP contribution in [0.25, 0.3) is 22.8 Å². The molecule has 2 N–H and O–H groups in total. The molecule has 3 aliphatic carbocycles. The lowest BCUT2D eigenvalue weighted by Gasteiger charge is -2.32. The fraction of sp³-hybridized carbons (Fsp3) is 0.630. The van der Waals surface area contributed by atoms with Crippen molar-refractivity contribution >= 4 is 28.3 Å². The van der Waals surface area contributed by atoms with Crippen molar-refractivity contribution in [3.8, 4) is 11.6 Å². The lowest BCUT2D eigenvalue weighted by atomic mass is 9.80. The summed E-state index contributed by atoms with van der Waals surface area (Å²) in [6, 6.07) is 0.266. The Bertz CT molecular complexity index is 1490. The van der Waals surface area contributed by atoms with Gasteiger partial charge in [-0.3, -0.25) is 9.51 Å². The number of rotatable bonds is 8. The van der Waals surface area contributed by atoms with Crippen LogP contribution in [0.2, 0.25) is 0 Å². The summed E-state index contributed by atoms with van der Waals surface area (Å²) >= 11 is 1.63. The van der Waals surface area contributed by atoms with Crippen LogP contribution in [0.4, 0.5) is 5.82 Å². The Morgan fingerprint density at radius 3 is 2.63 bits per heavy atom. The third kappa shape index (κ3) is 4.15. The minimum absolute atomic E-state index is 0.179. The van der Waals surface area contributed by atoms with Gasteiger partial charge < -0.3 is 9.88 Å². The second-order valence-corrected chi connectivity index (χ2v) is 12.5. The van der Waals surface area contributed by atoms with Gasteiger partial charge in [0.15, 0.2) is 11.5 Å². The van der Waals surface area contributed by atoms with Gasteiger partial charge in [0.2, 0.25) is 11.6 Å². The summed E-state index contributed by atoms with van der Waals surface area (Å²) in [5.41, 5.74) is 4.41. The van der Waals surface area contributed by atoms with Gasteiger partial charge in [0.25, 0.3) is 0 Å². The maximum atomic E-state index is 11.7. The molecule has 1 atom stereocenters. The Labute approximate surface area is 224 Å². The zero-order valence-electron chi connectivity index (χ0n) is 21.9. The maximum Gasteiger partial charge on any atom is 0.439 e. The molecule has 0 bridgehead atoms. The minimum Gasteiger partial charge on any atom is -0.365 e. The highest BCUT2D eigenvalue weighted by Gasteiger charge is 2.52. The van der Waals surface area contributed by atoms with Gasteiger partial charge in [-0.05, 0) is 63.2 Å². The van der Waals surface area contributed by atoms with Crippen molar-refractivity contribution in [1.29, 1.82) is 0 Å². The van der Waals surface area contributed by atoms with Crippen molar-refractivity contribution in [2.24, 2.45) is 17.8 Å². The third-order valence-electron chi connectivity index (χ3n) is 9.15. The molecule has 0 aliphatic heterocycles. The quantitative estimate of drug-likeness (QED) is 0.318. The molecule has 3 saturated carbocycles. The zero-order chi connectivity index (χ0) is 25.9. The highest BCUT2D eigenvalue weighted by molar-refractivity contribution is 7.07. The van der Waals surface area contributed by atoms with Crippen molar-refractivity contribution in [2.75, 3.05) is 5.32 Å². The van der Waals surface area contributed by atoms with Crippen LogP contribution in [0.5, 0.6) is 0 Å². The summed E-state index contributed by atoms with van der Waals surface area (Å²) in [6.07, 6.45) is 10.8. The topological polar surface area (TPSA) is 127 Å². The van der Waals surface area contributed by atoms with Crippen molar-refractivity contribution in [1.82, 2.24) is 34.6 Å². The fourth-order valence-corrected chi connectivity index (χ4v) is 6.97. The van der Waals surface area contributed by atoms with Gasteiger partial charge in [0, 0.05) is 18.0 Å². The standard InChI is InChI=1S/C27H34N8O2S/c1-15-6-8-17(9-7-15)12-35-20-21(29-16(2)18-4-3-5-18)30-23(24-33-26(36)37-34-24)31-22(20)32-25(35)27(10-11-27)19-13-38-14-28-19/h13-18H,3-12H2,1-2H3,(H,29,30,31)(H,33,34,36)/t15-,16-,17-/m1/s1. The first-order valence-corrected chi connectivity index (χ1v) is 14.9. The highest BCUT2D eigenvalue weighted by Crippen LogP contribution is 2.54. The molecule has 11 heteroatoms. The predicted octanol–water partition coefficient (Wildman–Crippen LogP) is 5.13. The molecule has 38 heavy (non-hydrogen) atoms. The molecule has 4 aromatic rings. The molecule has 0 aromatic carbocycles. The second-order valence-electron chi connectivity index (χ2n) is 11.8. The van der Waals surface area contributed by atoms with Crippen molar-refractivity contribution in [3.05, 3.63) is 33.0 Å². The Balaban J connectivity index is 1.39. The van der Waals surface area contributed by atoms with Crippen LogP contribution in [0, 0.1) is 17.8 Å². The van der Waals surface area contributed by atoms with E-state index in [1.54, 1.807) is 11.3 Å². The maximum absolute atomic E-state index is 11.7. The van der Waals surface area contributed by atoms with Crippen molar-refractivity contribution in [3.63, 3.8) is 0 Å². The number of fused-ring (bicyclic) bond motifs is 1. The predicted molar refractivity (Wildman–Crippen MR) is 145 cm³/mol. The van der Waals surface area contributed by atoms with Crippen LogP contribution in [0.3, 0.4) is 0 Å². The molecular weight excluding hydrogens is 500 g/mol. The van der Waals surface area contributed by atoms with Crippen LogP contribution < -0.4 is 11.1 Å². The van der Waals surface area contributed by atoms with E-state index in [9.17, 15) is 4.79 Å². The SMILES string of the molecule is C[C@@H](Nc1nc(-c2noc(=O)[nH]2)nc2nc(C3(c4cscn4)CC3)n(C[C@H]3CC[C@H](C)CC3)c12)C1CCC1. The fourth-order valence-electron chi connectivity index (χ4n) is 6.32. The molecule has 3 aliphatic rings. The number of anilines is 1. The van der Waals surface area contributed by atoms with Gasteiger partial charge in [-0.2, -0.15) is 0 Å². The molecule has 4 aromatic heterocycles. The molecule has 0 amide bonds. The molecule has 10 nitrogen and oxygen atoms in total. The lowest BCUT2D eigenvalue weighted by Crippen LogP contribution is -2.31. The second kappa shape index (κ2) is 9.29. The number of hydrogen-bond donors (Lipinski definition) is 2. The van der Waals surface area contributed by atoms with Crippen LogP contribution in [0.1, 0.15) is 83.2 Å². The number of aromatic nitrogens is 7. The number of aromatic amines is 1. The van der Waals surface area contributed by atoms with Gasteiger partial charge in [-0.25, -0.2) is 24.7 Å². The minimum atomic E-state index is -0.626. The molecule has 7 rings (SSSR count). The smallest absolute Gasteiger partial charge is 0.365 e. The molecule has 0 spiro atoms. The van der Waals surface area contributed by atoms with Gasteiger partial charge >= 0.3 is 5.76 Å². The summed E-state index contributed by atoms with van der Waals surface area (Å²) < 4.78 is 7.18. The number of nitrogens with zero attached hydrogens (tertiary/aromatic N) is 6. The van der Waals surface area contributed by atoms with Crippen LogP contribution >= 0.6 is 11.3 Å². The van der Waals surface area contributed by atoms with E-state index in [0.717, 1.165) is 48.2 Å². The number of H-pyrrole nitrogens is 1. The average Bonchev–Trinajstić information content (AvgIpc) is 3.22. The van der Waals surface area contributed by atoms with E-state index in [1.807, 2.05) is 5.51 Å². The van der Waals surface area contributed by atoms with Crippen molar-refractivity contribution < 1.29 is 4.52 Å². The van der Waals surface area contributed by atoms with E-state index in [4.69, 9.17) is 24.5 Å². The van der Waals surface area contributed by atoms with Crippen LogP contribution in [-0.4, -0.2) is 40.7 Å². The summed E-state index contributed by atoms with van der Waals surface area (Å²) in [4.78, 5) is 34.0. The molecule has 200 valence electrons. The first-order valence-electron chi connectivity index (χ1n) is 14.0. The molecule has 0 unspecified atom stereocenters. The van der Waals surface area contributed by atoms with Crippen LogP contribution in [0.15, 0.2) is 20.2 Å². The number of thiazole rings is 1. The molecule has 0 saturated heterocycles. The van der Waals surface area contributed by atoms with Gasteiger partial charge in [-0.1, -0.05) is 31.3 Å². The van der Waals surface area contributed by atoms with E-state index >= 15 is 0 Å². The van der Waals surface area contributed by atoms with E-state index in [0.29, 0.717) is 23.3 Å². The normalized spacial score (nSPS) is 23.8. The van der Waals surface area contributed by atoms with Gasteiger partial charge in [0.1, 0.15) is 11.3 Å². The molecular formula is C27H34N8O2S. The van der Waals surface area contributed by atoms with Gasteiger partial charge in [-0.15, -0.1) is 11.3 Å². The average molecular weight is 535 g/mol. The van der Waals surface area contributed by atoms with E-state index < -0.39 is 5.76 Å². The number of nitrogens with one attached hydrogen (secondary N) is 2. The molecule has 3 fully saturated rings. The first-order chi connectivity index (χ1) is 18.5. The Hall–Kier alpha value is -3.08. The third-order valence-corrected chi connectivity index (χ3v) is 9.74. The number of imidazole rings is 1. The lowest BCUT2D eigenvalue weighted by molar-refractivity contribution is 0.264. The highest BCUT2D eigenvalue weighted by atomic mass is 32.1. The van der Waals surface area contributed by atoms with E-state index in [2.05, 4.69) is 39.3 Å². The summed E-state index contributed by atoms with van der Waals surface area (Å²) in [5.74, 6) is 3.71. The summed E-state index contributed by atoms with van der Waals surface area (Å²) in [7, 11) is 0. The largest absolute Gasteiger partial charge is 0.439 e. The Morgan fingerprint density at radius 2 is 2.00 bits per heavy atom. The van der Waals surface area contributed by atoms with E-state index in [-0.39, 0.29) is 17.3 Å². The monoisotopic (exact) mass is 534 g/mol. The van der Waals surface area contributed by atoms with E-state index in [1.165, 1.54) is 44.9 Å². The zero-order valence-corrected chi connectivity index (χ0v) is 22.8. The summed E-state index contributed by atoms with van der Waals surface area (Å²) in [6.45, 7) is 5.50. The Kier molecular flexibility index (Phi) is 5.86. The van der Waals surface area contributed by atoms with Crippen LogP contribution in [-0.2, 0) is 12.0 Å². The first kappa shape index (κ1) is 24.0. The summed E-state index contributed by atoms with van der Waals surface area (Å²) in [5, 5.41) is 9.76. The molecule has 4 heterocycles. The molecule has 0 radical (unpaired) electrons.